The lowest BCUT2D eigenvalue weighted by Gasteiger charge is -2.09. The predicted octanol–water partition coefficient (Wildman–Crippen LogP) is 3.62. The van der Waals surface area contributed by atoms with Crippen LogP contribution >= 0.6 is 12.4 Å². The van der Waals surface area contributed by atoms with Crippen LogP contribution in [-0.4, -0.2) is 6.61 Å². The Labute approximate surface area is 114 Å². The third-order valence-electron chi connectivity index (χ3n) is 2.66. The van der Waals surface area contributed by atoms with Gasteiger partial charge in [0.15, 0.2) is 0 Å². The SMILES string of the molecule is Cc1ccc(N)c(OCCc2ccccc2)c1.Cl. The number of hydrogen-bond acceptors (Lipinski definition) is 2. The fourth-order valence-electron chi connectivity index (χ4n) is 1.69. The molecule has 0 aliphatic rings. The number of benzene rings is 2. The molecule has 96 valence electrons. The summed E-state index contributed by atoms with van der Waals surface area (Å²) >= 11 is 0. The molecule has 0 spiro atoms. The largest absolute Gasteiger partial charge is 0.491 e. The molecule has 3 heteroatoms. The van der Waals surface area contributed by atoms with Crippen molar-refractivity contribution in [1.29, 1.82) is 0 Å². The molecule has 0 atom stereocenters. The first-order valence-corrected chi connectivity index (χ1v) is 5.78. The van der Waals surface area contributed by atoms with Crippen LogP contribution < -0.4 is 10.5 Å². The Hall–Kier alpha value is -1.67. The lowest BCUT2D eigenvalue weighted by atomic mass is 10.2. The Bertz CT molecular complexity index is 485. The third-order valence-corrected chi connectivity index (χ3v) is 2.66. The molecule has 2 nitrogen and oxygen atoms in total. The Balaban J connectivity index is 0.00000162. The summed E-state index contributed by atoms with van der Waals surface area (Å²) in [7, 11) is 0. The maximum absolute atomic E-state index is 5.84. The maximum Gasteiger partial charge on any atom is 0.142 e. The summed E-state index contributed by atoms with van der Waals surface area (Å²) in [5, 5.41) is 0. The van der Waals surface area contributed by atoms with Gasteiger partial charge in [-0.2, -0.15) is 0 Å². The van der Waals surface area contributed by atoms with E-state index in [2.05, 4.69) is 12.1 Å². The zero-order valence-corrected chi connectivity index (χ0v) is 11.2. The van der Waals surface area contributed by atoms with Gasteiger partial charge in [0.25, 0.3) is 0 Å². The van der Waals surface area contributed by atoms with Crippen LogP contribution in [0.25, 0.3) is 0 Å². The van der Waals surface area contributed by atoms with Crippen molar-refractivity contribution in [1.82, 2.24) is 0 Å². The Morgan fingerprint density at radius 3 is 2.50 bits per heavy atom. The van der Waals surface area contributed by atoms with Gasteiger partial charge in [-0.25, -0.2) is 0 Å². The number of ether oxygens (including phenoxy) is 1. The Morgan fingerprint density at radius 2 is 1.78 bits per heavy atom. The van der Waals surface area contributed by atoms with Crippen molar-refractivity contribution >= 4 is 18.1 Å². The molecular formula is C15H18ClNO. The summed E-state index contributed by atoms with van der Waals surface area (Å²) in [5.74, 6) is 0.779. The van der Waals surface area contributed by atoms with Crippen LogP contribution in [0.4, 0.5) is 5.69 Å². The third kappa shape index (κ3) is 3.97. The van der Waals surface area contributed by atoms with Gasteiger partial charge in [0, 0.05) is 6.42 Å². The van der Waals surface area contributed by atoms with Crippen LogP contribution in [0.3, 0.4) is 0 Å². The van der Waals surface area contributed by atoms with Crippen LogP contribution in [0, 0.1) is 6.92 Å². The number of hydrogen-bond donors (Lipinski definition) is 1. The van der Waals surface area contributed by atoms with Gasteiger partial charge >= 0.3 is 0 Å². The Morgan fingerprint density at radius 1 is 1.06 bits per heavy atom. The lowest BCUT2D eigenvalue weighted by molar-refractivity contribution is 0.323. The van der Waals surface area contributed by atoms with Gasteiger partial charge in [0.05, 0.1) is 12.3 Å². The molecule has 0 amide bonds. The molecule has 2 N–H and O–H groups in total. The van der Waals surface area contributed by atoms with Gasteiger partial charge in [-0.05, 0) is 30.2 Å². The van der Waals surface area contributed by atoms with Crippen LogP contribution in [0.2, 0.25) is 0 Å². The first-order valence-electron chi connectivity index (χ1n) is 5.78. The minimum Gasteiger partial charge on any atom is -0.491 e. The number of aryl methyl sites for hydroxylation is 1. The molecule has 0 radical (unpaired) electrons. The number of rotatable bonds is 4. The van der Waals surface area contributed by atoms with Crippen LogP contribution in [0.5, 0.6) is 5.75 Å². The molecule has 0 aliphatic heterocycles. The molecule has 0 fully saturated rings. The number of nitrogens with two attached hydrogens (primary N) is 1. The molecule has 0 bridgehead atoms. The molecule has 0 heterocycles. The van der Waals surface area contributed by atoms with E-state index in [9.17, 15) is 0 Å². The first-order chi connectivity index (χ1) is 8.25. The van der Waals surface area contributed by atoms with Crippen molar-refractivity contribution in [2.45, 2.75) is 13.3 Å². The van der Waals surface area contributed by atoms with Crippen LogP contribution in [-0.2, 0) is 6.42 Å². The smallest absolute Gasteiger partial charge is 0.142 e. The average Bonchev–Trinajstić information content (AvgIpc) is 2.35. The summed E-state index contributed by atoms with van der Waals surface area (Å²) in [6.07, 6.45) is 0.897. The van der Waals surface area contributed by atoms with E-state index in [4.69, 9.17) is 10.5 Å². The second kappa shape index (κ2) is 6.92. The van der Waals surface area contributed by atoms with E-state index in [0.29, 0.717) is 12.3 Å². The molecular weight excluding hydrogens is 246 g/mol. The summed E-state index contributed by atoms with van der Waals surface area (Å²) < 4.78 is 5.70. The highest BCUT2D eigenvalue weighted by Crippen LogP contribution is 2.22. The highest BCUT2D eigenvalue weighted by Gasteiger charge is 2.00. The van der Waals surface area contributed by atoms with Gasteiger partial charge in [-0.1, -0.05) is 36.4 Å². The van der Waals surface area contributed by atoms with E-state index in [0.717, 1.165) is 17.7 Å². The van der Waals surface area contributed by atoms with E-state index in [1.54, 1.807) is 0 Å². The van der Waals surface area contributed by atoms with Gasteiger partial charge in [0.2, 0.25) is 0 Å². The molecule has 0 unspecified atom stereocenters. The first kappa shape index (κ1) is 14.4. The standard InChI is InChI=1S/C15H17NO.ClH/c1-12-7-8-14(16)15(11-12)17-10-9-13-5-3-2-4-6-13;/h2-8,11H,9-10,16H2,1H3;1H. The monoisotopic (exact) mass is 263 g/mol. The predicted molar refractivity (Wildman–Crippen MR) is 78.5 cm³/mol. The quantitative estimate of drug-likeness (QED) is 0.855. The summed E-state index contributed by atoms with van der Waals surface area (Å²) in [4.78, 5) is 0. The maximum atomic E-state index is 5.84. The number of anilines is 1. The topological polar surface area (TPSA) is 35.2 Å². The van der Waals surface area contributed by atoms with Crippen molar-refractivity contribution < 1.29 is 4.74 Å². The second-order valence-corrected chi connectivity index (χ2v) is 4.13. The minimum absolute atomic E-state index is 0. The van der Waals surface area contributed by atoms with Gasteiger partial charge < -0.3 is 10.5 Å². The highest BCUT2D eigenvalue weighted by atomic mass is 35.5. The fraction of sp³-hybridized carbons (Fsp3) is 0.200. The molecule has 18 heavy (non-hydrogen) atoms. The van der Waals surface area contributed by atoms with E-state index >= 15 is 0 Å². The molecule has 0 aromatic heterocycles. The Kier molecular flexibility index (Phi) is 5.53. The number of halogens is 1. The van der Waals surface area contributed by atoms with Crippen LogP contribution in [0.15, 0.2) is 48.5 Å². The molecule has 2 rings (SSSR count). The fourth-order valence-corrected chi connectivity index (χ4v) is 1.69. The lowest BCUT2D eigenvalue weighted by Crippen LogP contribution is -2.03. The van der Waals surface area contributed by atoms with E-state index < -0.39 is 0 Å². The van der Waals surface area contributed by atoms with Crippen molar-refractivity contribution in [3.63, 3.8) is 0 Å². The summed E-state index contributed by atoms with van der Waals surface area (Å²) in [6, 6.07) is 16.1. The van der Waals surface area contributed by atoms with Crippen molar-refractivity contribution in [3.8, 4) is 5.75 Å². The minimum atomic E-state index is 0. The van der Waals surface area contributed by atoms with Gasteiger partial charge in [0.1, 0.15) is 5.75 Å². The molecule has 0 aliphatic carbocycles. The normalized spacial score (nSPS) is 9.61. The van der Waals surface area contributed by atoms with Gasteiger partial charge in [-0.15, -0.1) is 12.4 Å². The zero-order chi connectivity index (χ0) is 12.1. The molecule has 2 aromatic carbocycles. The van der Waals surface area contributed by atoms with Gasteiger partial charge in [-0.3, -0.25) is 0 Å². The number of nitrogen functional groups attached to an aromatic ring is 1. The zero-order valence-electron chi connectivity index (χ0n) is 10.4. The molecule has 0 saturated carbocycles. The molecule has 0 saturated heterocycles. The van der Waals surface area contributed by atoms with Crippen molar-refractivity contribution in [2.24, 2.45) is 0 Å². The van der Waals surface area contributed by atoms with Crippen molar-refractivity contribution in [2.75, 3.05) is 12.3 Å². The van der Waals surface area contributed by atoms with E-state index in [-0.39, 0.29) is 12.4 Å². The summed E-state index contributed by atoms with van der Waals surface area (Å²) in [6.45, 7) is 2.68. The average molecular weight is 264 g/mol. The molecule has 2 aromatic rings. The van der Waals surface area contributed by atoms with Crippen LogP contribution in [0.1, 0.15) is 11.1 Å². The van der Waals surface area contributed by atoms with Crippen molar-refractivity contribution in [3.05, 3.63) is 59.7 Å². The summed E-state index contributed by atoms with van der Waals surface area (Å²) in [5.41, 5.74) is 8.98. The van der Waals surface area contributed by atoms with E-state index in [1.165, 1.54) is 5.56 Å². The highest BCUT2D eigenvalue weighted by molar-refractivity contribution is 5.85. The second-order valence-electron chi connectivity index (χ2n) is 4.13. The van der Waals surface area contributed by atoms with E-state index in [1.807, 2.05) is 43.3 Å².